The molecule has 0 unspecified atom stereocenters. The SMILES string of the molecule is COc1ccc(COCC2=C3CC[C@@H](C)[C@]2(C)CCC(C)=CCC[C@@]2(C)O[C@@H]2C3=O)cc1. The average Bonchev–Trinajstić information content (AvgIpc) is 3.46. The Kier molecular flexibility index (Phi) is 6.65. The van der Waals surface area contributed by atoms with Crippen molar-refractivity contribution >= 4 is 5.78 Å². The second kappa shape index (κ2) is 9.15. The van der Waals surface area contributed by atoms with Crippen LogP contribution in [0.15, 0.2) is 47.1 Å². The van der Waals surface area contributed by atoms with E-state index in [9.17, 15) is 4.79 Å². The zero-order valence-corrected chi connectivity index (χ0v) is 20.3. The molecule has 4 rings (SSSR count). The molecule has 0 N–H and O–H groups in total. The van der Waals surface area contributed by atoms with Gasteiger partial charge in [-0.25, -0.2) is 0 Å². The Morgan fingerprint density at radius 2 is 1.84 bits per heavy atom. The molecular formula is C28H38O4. The van der Waals surface area contributed by atoms with Crippen molar-refractivity contribution in [2.24, 2.45) is 11.3 Å². The first kappa shape index (κ1) is 23.3. The molecule has 4 nitrogen and oxygen atoms in total. The molecule has 1 aliphatic heterocycles. The Hall–Kier alpha value is -1.91. The quantitative estimate of drug-likeness (QED) is 0.406. The van der Waals surface area contributed by atoms with Crippen molar-refractivity contribution in [3.8, 4) is 5.75 Å². The summed E-state index contributed by atoms with van der Waals surface area (Å²) in [4.78, 5) is 13.6. The number of rotatable bonds is 5. The highest BCUT2D eigenvalue weighted by molar-refractivity contribution is 6.02. The van der Waals surface area contributed by atoms with Crippen molar-refractivity contribution in [1.82, 2.24) is 0 Å². The van der Waals surface area contributed by atoms with Crippen molar-refractivity contribution in [3.63, 3.8) is 0 Å². The van der Waals surface area contributed by atoms with Gasteiger partial charge in [-0.2, -0.15) is 0 Å². The summed E-state index contributed by atoms with van der Waals surface area (Å²) in [5, 5.41) is 0. The van der Waals surface area contributed by atoms with Gasteiger partial charge in [-0.15, -0.1) is 0 Å². The van der Waals surface area contributed by atoms with E-state index in [0.29, 0.717) is 19.1 Å². The van der Waals surface area contributed by atoms with Crippen molar-refractivity contribution in [2.45, 2.75) is 84.5 Å². The van der Waals surface area contributed by atoms with Crippen molar-refractivity contribution in [3.05, 3.63) is 52.6 Å². The molecule has 1 heterocycles. The van der Waals surface area contributed by atoms with Crippen LogP contribution in [-0.4, -0.2) is 31.2 Å². The molecule has 1 aromatic carbocycles. The minimum atomic E-state index is -0.311. The average molecular weight is 439 g/mol. The fraction of sp³-hybridized carbons (Fsp3) is 0.607. The predicted octanol–water partition coefficient (Wildman–Crippen LogP) is 6.19. The van der Waals surface area contributed by atoms with Crippen LogP contribution in [0.25, 0.3) is 0 Å². The van der Waals surface area contributed by atoms with E-state index in [2.05, 4.69) is 33.8 Å². The van der Waals surface area contributed by atoms with E-state index in [4.69, 9.17) is 14.2 Å². The number of ether oxygens (including phenoxy) is 3. The largest absolute Gasteiger partial charge is 0.497 e. The minimum Gasteiger partial charge on any atom is -0.497 e. The lowest BCUT2D eigenvalue weighted by molar-refractivity contribution is -0.117. The number of benzene rings is 1. The summed E-state index contributed by atoms with van der Waals surface area (Å²) < 4.78 is 17.5. The third kappa shape index (κ3) is 4.58. The Bertz CT molecular complexity index is 912. The summed E-state index contributed by atoms with van der Waals surface area (Å²) in [6.07, 6.45) is 7.94. The molecule has 32 heavy (non-hydrogen) atoms. The van der Waals surface area contributed by atoms with Gasteiger partial charge in [0.15, 0.2) is 5.78 Å². The number of ketones is 1. The normalized spacial score (nSPS) is 33.0. The van der Waals surface area contributed by atoms with E-state index >= 15 is 0 Å². The molecule has 1 aromatic rings. The maximum absolute atomic E-state index is 13.6. The van der Waals surface area contributed by atoms with Crippen LogP contribution in [0.3, 0.4) is 0 Å². The number of fused-ring (bicyclic) bond motifs is 2. The van der Waals surface area contributed by atoms with Crippen molar-refractivity contribution in [1.29, 1.82) is 0 Å². The van der Waals surface area contributed by atoms with Crippen LogP contribution >= 0.6 is 0 Å². The van der Waals surface area contributed by atoms with Gasteiger partial charge in [0, 0.05) is 5.57 Å². The summed E-state index contributed by atoms with van der Waals surface area (Å²) in [5.74, 6) is 1.56. The second-order valence-corrected chi connectivity index (χ2v) is 10.4. The zero-order chi connectivity index (χ0) is 22.9. The van der Waals surface area contributed by atoms with Crippen LogP contribution in [0.1, 0.15) is 71.8 Å². The number of methoxy groups -OCH3 is 1. The van der Waals surface area contributed by atoms with Gasteiger partial charge >= 0.3 is 0 Å². The van der Waals surface area contributed by atoms with Crippen LogP contribution in [0, 0.1) is 11.3 Å². The van der Waals surface area contributed by atoms with Crippen LogP contribution < -0.4 is 4.74 Å². The van der Waals surface area contributed by atoms with Gasteiger partial charge in [-0.05, 0) is 87.0 Å². The molecule has 3 aliphatic rings. The second-order valence-electron chi connectivity index (χ2n) is 10.4. The van der Waals surface area contributed by atoms with Gasteiger partial charge in [0.05, 0.1) is 20.3 Å². The Morgan fingerprint density at radius 3 is 2.56 bits per heavy atom. The summed E-state index contributed by atoms with van der Waals surface area (Å²) >= 11 is 0. The van der Waals surface area contributed by atoms with Crippen LogP contribution in [0.2, 0.25) is 0 Å². The third-order valence-corrected chi connectivity index (χ3v) is 8.24. The molecule has 2 aliphatic carbocycles. The summed E-state index contributed by atoms with van der Waals surface area (Å²) in [5.41, 5.74) is 4.39. The topological polar surface area (TPSA) is 48.1 Å². The number of hydrogen-bond acceptors (Lipinski definition) is 4. The molecule has 1 saturated heterocycles. The number of Topliss-reactive ketones (excluding diaryl/α,β-unsaturated/α-hetero) is 1. The molecule has 0 amide bonds. The molecule has 0 spiro atoms. The Labute approximate surface area is 193 Å². The lowest BCUT2D eigenvalue weighted by Crippen LogP contribution is -2.37. The van der Waals surface area contributed by atoms with Crippen LogP contribution in [0.4, 0.5) is 0 Å². The fourth-order valence-corrected chi connectivity index (χ4v) is 5.46. The lowest BCUT2D eigenvalue weighted by atomic mass is 9.61. The maximum atomic E-state index is 13.6. The van der Waals surface area contributed by atoms with Crippen molar-refractivity contribution in [2.75, 3.05) is 13.7 Å². The minimum absolute atomic E-state index is 0.0389. The molecular weight excluding hydrogens is 400 g/mol. The first-order valence-electron chi connectivity index (χ1n) is 12.1. The Morgan fingerprint density at radius 1 is 1.09 bits per heavy atom. The Balaban J connectivity index is 1.61. The van der Waals surface area contributed by atoms with Crippen LogP contribution in [-0.2, 0) is 20.9 Å². The smallest absolute Gasteiger partial charge is 0.190 e. The molecule has 2 bridgehead atoms. The number of carbonyl (C=O) groups excluding carboxylic acids is 1. The number of allylic oxidation sites excluding steroid dienone is 2. The van der Waals surface area contributed by atoms with E-state index < -0.39 is 0 Å². The number of carbonyl (C=O) groups is 1. The summed E-state index contributed by atoms with van der Waals surface area (Å²) in [6, 6.07) is 7.98. The highest BCUT2D eigenvalue weighted by atomic mass is 16.6. The molecule has 1 fully saturated rings. The van der Waals surface area contributed by atoms with Crippen molar-refractivity contribution < 1.29 is 19.0 Å². The first-order valence-corrected chi connectivity index (χ1v) is 12.1. The summed E-state index contributed by atoms with van der Waals surface area (Å²) in [7, 11) is 1.67. The standard InChI is InChI=1S/C28H38O4/c1-19-7-6-15-28(4)26(32-28)25(29)23-13-8-20(2)27(3,16-14-19)24(23)18-31-17-21-9-11-22(30-5)12-10-21/h7,9-12,20,26H,6,8,13-18H2,1-5H3/t20-,26-,27+,28-/m1/s1. The monoisotopic (exact) mass is 438 g/mol. The fourth-order valence-electron chi connectivity index (χ4n) is 5.46. The third-order valence-electron chi connectivity index (χ3n) is 8.24. The summed E-state index contributed by atoms with van der Waals surface area (Å²) in [6.45, 7) is 10.0. The van der Waals surface area contributed by atoms with Gasteiger partial charge < -0.3 is 14.2 Å². The molecule has 174 valence electrons. The van der Waals surface area contributed by atoms with E-state index in [1.807, 2.05) is 24.3 Å². The zero-order valence-electron chi connectivity index (χ0n) is 20.3. The highest BCUT2D eigenvalue weighted by Crippen LogP contribution is 2.51. The van der Waals surface area contributed by atoms with Crippen LogP contribution in [0.5, 0.6) is 5.75 Å². The lowest BCUT2D eigenvalue weighted by Gasteiger charge is -2.43. The van der Waals surface area contributed by atoms with Gasteiger partial charge in [-0.3, -0.25) is 4.79 Å². The molecule has 0 radical (unpaired) electrons. The van der Waals surface area contributed by atoms with E-state index in [0.717, 1.165) is 55.4 Å². The number of hydrogen-bond donors (Lipinski definition) is 0. The maximum Gasteiger partial charge on any atom is 0.190 e. The molecule has 4 atom stereocenters. The predicted molar refractivity (Wildman–Crippen MR) is 127 cm³/mol. The van der Waals surface area contributed by atoms with Gasteiger partial charge in [0.25, 0.3) is 0 Å². The van der Waals surface area contributed by atoms with E-state index in [1.165, 1.54) is 11.1 Å². The molecule has 0 aromatic heterocycles. The van der Waals surface area contributed by atoms with E-state index in [-0.39, 0.29) is 22.9 Å². The molecule has 4 heteroatoms. The van der Waals surface area contributed by atoms with Gasteiger partial charge in [0.2, 0.25) is 0 Å². The van der Waals surface area contributed by atoms with Gasteiger partial charge in [-0.1, -0.05) is 37.6 Å². The highest BCUT2D eigenvalue weighted by Gasteiger charge is 2.57. The number of epoxide rings is 1. The molecule has 0 saturated carbocycles. The van der Waals surface area contributed by atoms with Gasteiger partial charge in [0.1, 0.15) is 17.5 Å². The van der Waals surface area contributed by atoms with E-state index in [1.54, 1.807) is 7.11 Å². The first-order chi connectivity index (χ1) is 15.3.